The SMILES string of the molecule is Cc1ncc(C(=O)N2CCC(N)C2)s1. The van der Waals surface area contributed by atoms with Gasteiger partial charge in [0.15, 0.2) is 0 Å². The van der Waals surface area contributed by atoms with E-state index in [1.807, 2.05) is 6.92 Å². The molecule has 1 aliphatic heterocycles. The van der Waals surface area contributed by atoms with Gasteiger partial charge in [-0.15, -0.1) is 11.3 Å². The van der Waals surface area contributed by atoms with E-state index >= 15 is 0 Å². The minimum Gasteiger partial charge on any atom is -0.336 e. The van der Waals surface area contributed by atoms with E-state index in [2.05, 4.69) is 4.98 Å². The van der Waals surface area contributed by atoms with E-state index < -0.39 is 0 Å². The molecule has 0 spiro atoms. The van der Waals surface area contributed by atoms with Gasteiger partial charge in [0, 0.05) is 19.1 Å². The Bertz CT molecular complexity index is 350. The van der Waals surface area contributed by atoms with E-state index in [9.17, 15) is 4.79 Å². The fraction of sp³-hybridized carbons (Fsp3) is 0.556. The lowest BCUT2D eigenvalue weighted by Gasteiger charge is -2.13. The number of nitrogens with two attached hydrogens (primary N) is 1. The highest BCUT2D eigenvalue weighted by atomic mass is 32.1. The van der Waals surface area contributed by atoms with Gasteiger partial charge >= 0.3 is 0 Å². The molecule has 5 heteroatoms. The van der Waals surface area contributed by atoms with Gasteiger partial charge in [0.05, 0.1) is 11.2 Å². The zero-order valence-corrected chi connectivity index (χ0v) is 8.88. The van der Waals surface area contributed by atoms with Crippen LogP contribution in [0.5, 0.6) is 0 Å². The maximum absolute atomic E-state index is 11.8. The Morgan fingerprint density at radius 1 is 1.79 bits per heavy atom. The Morgan fingerprint density at radius 2 is 2.57 bits per heavy atom. The molecule has 1 fully saturated rings. The van der Waals surface area contributed by atoms with Crippen LogP contribution in [0.1, 0.15) is 21.1 Å². The Balaban J connectivity index is 2.09. The lowest BCUT2D eigenvalue weighted by atomic mass is 10.3. The molecule has 4 nitrogen and oxygen atoms in total. The summed E-state index contributed by atoms with van der Waals surface area (Å²) in [5.41, 5.74) is 5.74. The van der Waals surface area contributed by atoms with Crippen LogP contribution in [0.2, 0.25) is 0 Å². The lowest BCUT2D eigenvalue weighted by molar-refractivity contribution is 0.0795. The molecule has 0 bridgehead atoms. The number of amides is 1. The van der Waals surface area contributed by atoms with Crippen LogP contribution in [0.4, 0.5) is 0 Å². The molecule has 2 rings (SSSR count). The molecule has 1 unspecified atom stereocenters. The van der Waals surface area contributed by atoms with Crippen molar-refractivity contribution in [3.8, 4) is 0 Å². The summed E-state index contributed by atoms with van der Waals surface area (Å²) in [6.07, 6.45) is 2.55. The molecular formula is C9H13N3OS. The average Bonchev–Trinajstić information content (AvgIpc) is 2.73. The van der Waals surface area contributed by atoms with Gasteiger partial charge in [0.25, 0.3) is 5.91 Å². The maximum Gasteiger partial charge on any atom is 0.265 e. The third kappa shape index (κ3) is 1.78. The fourth-order valence-electron chi connectivity index (χ4n) is 1.59. The molecule has 1 atom stereocenters. The van der Waals surface area contributed by atoms with Gasteiger partial charge in [-0.25, -0.2) is 4.98 Å². The van der Waals surface area contributed by atoms with Crippen molar-refractivity contribution in [3.63, 3.8) is 0 Å². The molecule has 1 amide bonds. The second-order valence-electron chi connectivity index (χ2n) is 3.54. The smallest absolute Gasteiger partial charge is 0.265 e. The normalized spacial score (nSPS) is 21.6. The molecule has 0 saturated carbocycles. The maximum atomic E-state index is 11.8. The van der Waals surface area contributed by atoms with Crippen molar-refractivity contribution in [2.24, 2.45) is 5.73 Å². The van der Waals surface area contributed by atoms with Crippen molar-refractivity contribution >= 4 is 17.2 Å². The van der Waals surface area contributed by atoms with Crippen molar-refractivity contribution < 1.29 is 4.79 Å². The van der Waals surface area contributed by atoms with E-state index in [4.69, 9.17) is 5.73 Å². The Kier molecular flexibility index (Phi) is 2.52. The van der Waals surface area contributed by atoms with Gasteiger partial charge in [-0.2, -0.15) is 0 Å². The van der Waals surface area contributed by atoms with Crippen LogP contribution in [0.3, 0.4) is 0 Å². The van der Waals surface area contributed by atoms with Crippen LogP contribution < -0.4 is 5.73 Å². The number of nitrogens with zero attached hydrogens (tertiary/aromatic N) is 2. The van der Waals surface area contributed by atoms with Crippen molar-refractivity contribution in [1.82, 2.24) is 9.88 Å². The highest BCUT2D eigenvalue weighted by Gasteiger charge is 2.25. The second kappa shape index (κ2) is 3.67. The summed E-state index contributed by atoms with van der Waals surface area (Å²) < 4.78 is 0. The van der Waals surface area contributed by atoms with Gasteiger partial charge < -0.3 is 10.6 Å². The van der Waals surface area contributed by atoms with E-state index in [-0.39, 0.29) is 11.9 Å². The molecule has 2 heterocycles. The molecule has 1 saturated heterocycles. The minimum atomic E-state index is 0.0727. The first-order valence-corrected chi connectivity index (χ1v) is 5.46. The first kappa shape index (κ1) is 9.61. The van der Waals surface area contributed by atoms with Crippen LogP contribution in [0, 0.1) is 6.92 Å². The van der Waals surface area contributed by atoms with Gasteiger partial charge in [0.1, 0.15) is 4.88 Å². The van der Waals surface area contributed by atoms with Crippen LogP contribution >= 0.6 is 11.3 Å². The van der Waals surface area contributed by atoms with E-state index in [1.54, 1.807) is 11.1 Å². The first-order valence-electron chi connectivity index (χ1n) is 4.64. The van der Waals surface area contributed by atoms with Gasteiger partial charge in [-0.1, -0.05) is 0 Å². The second-order valence-corrected chi connectivity index (χ2v) is 4.78. The Morgan fingerprint density at radius 3 is 3.07 bits per heavy atom. The quantitative estimate of drug-likeness (QED) is 0.741. The third-order valence-corrected chi connectivity index (χ3v) is 3.24. The van der Waals surface area contributed by atoms with Crippen LogP contribution in [-0.4, -0.2) is 34.9 Å². The summed E-state index contributed by atoms with van der Waals surface area (Å²) >= 11 is 1.44. The highest BCUT2D eigenvalue weighted by molar-refractivity contribution is 7.13. The minimum absolute atomic E-state index is 0.0727. The molecule has 2 N–H and O–H groups in total. The number of hydrogen-bond donors (Lipinski definition) is 1. The summed E-state index contributed by atoms with van der Waals surface area (Å²) in [5, 5.41) is 0.928. The molecule has 1 aromatic heterocycles. The largest absolute Gasteiger partial charge is 0.336 e. The number of aromatic nitrogens is 1. The molecule has 0 radical (unpaired) electrons. The van der Waals surface area contributed by atoms with Crippen molar-refractivity contribution in [2.45, 2.75) is 19.4 Å². The number of carbonyl (C=O) groups excluding carboxylic acids is 1. The standard InChI is InChI=1S/C9H13N3OS/c1-6-11-4-8(14-6)9(13)12-3-2-7(10)5-12/h4,7H,2-3,5,10H2,1H3. The fourth-order valence-corrected chi connectivity index (χ4v) is 2.33. The van der Waals surface area contributed by atoms with Crippen LogP contribution in [0.25, 0.3) is 0 Å². The van der Waals surface area contributed by atoms with Crippen molar-refractivity contribution in [3.05, 3.63) is 16.1 Å². The summed E-state index contributed by atoms with van der Waals surface area (Å²) in [6, 6.07) is 0.146. The summed E-state index contributed by atoms with van der Waals surface area (Å²) in [7, 11) is 0. The number of likely N-dealkylation sites (tertiary alicyclic amines) is 1. The number of thiazole rings is 1. The lowest BCUT2D eigenvalue weighted by Crippen LogP contribution is -2.31. The monoisotopic (exact) mass is 211 g/mol. The molecule has 0 aromatic carbocycles. The number of hydrogen-bond acceptors (Lipinski definition) is 4. The van der Waals surface area contributed by atoms with Gasteiger partial charge in [0.2, 0.25) is 0 Å². The molecule has 14 heavy (non-hydrogen) atoms. The molecule has 76 valence electrons. The molecular weight excluding hydrogens is 198 g/mol. The topological polar surface area (TPSA) is 59.2 Å². The Labute approximate surface area is 86.7 Å². The summed E-state index contributed by atoms with van der Waals surface area (Å²) in [5.74, 6) is 0.0727. The zero-order chi connectivity index (χ0) is 10.1. The third-order valence-electron chi connectivity index (χ3n) is 2.34. The predicted molar refractivity (Wildman–Crippen MR) is 55.3 cm³/mol. The summed E-state index contributed by atoms with van der Waals surface area (Å²) in [6.45, 7) is 3.35. The van der Waals surface area contributed by atoms with Gasteiger partial charge in [-0.05, 0) is 13.3 Å². The highest BCUT2D eigenvalue weighted by Crippen LogP contribution is 2.17. The van der Waals surface area contributed by atoms with Crippen LogP contribution in [0.15, 0.2) is 6.20 Å². The average molecular weight is 211 g/mol. The number of rotatable bonds is 1. The van der Waals surface area contributed by atoms with Crippen molar-refractivity contribution in [2.75, 3.05) is 13.1 Å². The first-order chi connectivity index (χ1) is 6.66. The zero-order valence-electron chi connectivity index (χ0n) is 8.06. The van der Waals surface area contributed by atoms with Crippen molar-refractivity contribution in [1.29, 1.82) is 0 Å². The Hall–Kier alpha value is -0.940. The molecule has 1 aliphatic rings. The molecule has 0 aliphatic carbocycles. The van der Waals surface area contributed by atoms with Crippen LogP contribution in [-0.2, 0) is 0 Å². The van der Waals surface area contributed by atoms with Gasteiger partial charge in [-0.3, -0.25) is 4.79 Å². The summed E-state index contributed by atoms with van der Waals surface area (Å²) in [4.78, 5) is 18.4. The predicted octanol–water partition coefficient (Wildman–Crippen LogP) is 0.625. The number of aryl methyl sites for hydroxylation is 1. The molecule has 1 aromatic rings. The van der Waals surface area contributed by atoms with E-state index in [0.29, 0.717) is 6.54 Å². The van der Waals surface area contributed by atoms with E-state index in [1.165, 1.54) is 11.3 Å². The van der Waals surface area contributed by atoms with E-state index in [0.717, 1.165) is 22.9 Å². The number of carbonyl (C=O) groups is 1.